The maximum atomic E-state index is 9.45. The number of aromatic nitrogens is 2. The van der Waals surface area contributed by atoms with Crippen molar-refractivity contribution in [2.75, 3.05) is 18.4 Å². The predicted octanol–water partition coefficient (Wildman–Crippen LogP) is 4.47. The molecule has 3 aromatic rings. The molecule has 5 nitrogen and oxygen atoms in total. The molecule has 0 aliphatic rings. The second kappa shape index (κ2) is 8.01. The summed E-state index contributed by atoms with van der Waals surface area (Å²) >= 11 is 1.73. The van der Waals surface area contributed by atoms with E-state index in [9.17, 15) is 5.11 Å². The molecule has 0 spiro atoms. The van der Waals surface area contributed by atoms with E-state index in [1.54, 1.807) is 23.5 Å². The van der Waals surface area contributed by atoms with E-state index in [2.05, 4.69) is 37.9 Å². The summed E-state index contributed by atoms with van der Waals surface area (Å²) in [5, 5.41) is 14.0. The maximum absolute atomic E-state index is 9.45. The summed E-state index contributed by atoms with van der Waals surface area (Å²) in [7, 11) is 0. The lowest BCUT2D eigenvalue weighted by Gasteiger charge is -2.17. The molecule has 26 heavy (non-hydrogen) atoms. The van der Waals surface area contributed by atoms with Crippen LogP contribution in [0.3, 0.4) is 0 Å². The second-order valence-corrected chi connectivity index (χ2v) is 7.64. The third kappa shape index (κ3) is 3.97. The first kappa shape index (κ1) is 18.6. The molecule has 138 valence electrons. The third-order valence-electron chi connectivity index (χ3n) is 4.73. The Morgan fingerprint density at radius 2 is 1.77 bits per heavy atom. The van der Waals surface area contributed by atoms with Gasteiger partial charge in [0, 0.05) is 11.4 Å². The number of nitrogens with zero attached hydrogens (tertiary/aromatic N) is 3. The van der Waals surface area contributed by atoms with Gasteiger partial charge < -0.3 is 10.4 Å². The van der Waals surface area contributed by atoms with Crippen LogP contribution in [-0.2, 0) is 13.1 Å². The first-order chi connectivity index (χ1) is 12.5. The van der Waals surface area contributed by atoms with E-state index in [4.69, 9.17) is 9.97 Å². The van der Waals surface area contributed by atoms with Gasteiger partial charge in [0.1, 0.15) is 22.2 Å². The van der Waals surface area contributed by atoms with Crippen molar-refractivity contribution in [1.29, 1.82) is 0 Å². The molecule has 0 unspecified atom stereocenters. The van der Waals surface area contributed by atoms with Crippen LogP contribution in [0.1, 0.15) is 35.7 Å². The third-order valence-corrected chi connectivity index (χ3v) is 5.83. The van der Waals surface area contributed by atoms with Gasteiger partial charge in [0.2, 0.25) is 0 Å². The molecule has 0 atom stereocenters. The van der Waals surface area contributed by atoms with E-state index in [0.29, 0.717) is 6.54 Å². The Labute approximate surface area is 158 Å². The monoisotopic (exact) mass is 370 g/mol. The summed E-state index contributed by atoms with van der Waals surface area (Å²) in [4.78, 5) is 14.3. The van der Waals surface area contributed by atoms with Crippen molar-refractivity contribution >= 4 is 27.4 Å². The molecular formula is C20H26N4OS. The highest BCUT2D eigenvalue weighted by Crippen LogP contribution is 2.33. The summed E-state index contributed by atoms with van der Waals surface area (Å²) in [6, 6.07) is 7.25. The van der Waals surface area contributed by atoms with E-state index in [0.717, 1.165) is 47.1 Å². The van der Waals surface area contributed by atoms with Gasteiger partial charge in [-0.25, -0.2) is 9.97 Å². The molecule has 2 heterocycles. The lowest BCUT2D eigenvalue weighted by atomic mass is 10.2. The zero-order valence-electron chi connectivity index (χ0n) is 15.8. The molecule has 3 rings (SSSR count). The zero-order valence-corrected chi connectivity index (χ0v) is 16.7. The Bertz CT molecular complexity index is 885. The van der Waals surface area contributed by atoms with Gasteiger partial charge >= 0.3 is 0 Å². The topological polar surface area (TPSA) is 61.3 Å². The summed E-state index contributed by atoms with van der Waals surface area (Å²) in [6.07, 6.45) is 0. The molecule has 0 aliphatic carbocycles. The summed E-state index contributed by atoms with van der Waals surface area (Å²) in [6.45, 7) is 12.0. The molecule has 0 radical (unpaired) electrons. The Balaban J connectivity index is 1.93. The average molecular weight is 371 g/mol. The minimum atomic E-state index is 0.281. The van der Waals surface area contributed by atoms with E-state index in [-0.39, 0.29) is 5.75 Å². The van der Waals surface area contributed by atoms with Crippen molar-refractivity contribution in [2.45, 2.75) is 40.8 Å². The van der Waals surface area contributed by atoms with E-state index >= 15 is 0 Å². The molecular weight excluding hydrogens is 344 g/mol. The van der Waals surface area contributed by atoms with Crippen LogP contribution < -0.4 is 5.32 Å². The number of hydrogen-bond donors (Lipinski definition) is 2. The minimum absolute atomic E-state index is 0.281. The largest absolute Gasteiger partial charge is 0.508 e. The number of thiophene rings is 1. The molecule has 2 N–H and O–H groups in total. The smallest absolute Gasteiger partial charge is 0.146 e. The van der Waals surface area contributed by atoms with Crippen LogP contribution in [0.15, 0.2) is 24.3 Å². The van der Waals surface area contributed by atoms with Gasteiger partial charge in [-0.05, 0) is 50.2 Å². The van der Waals surface area contributed by atoms with Crippen LogP contribution in [0.25, 0.3) is 10.2 Å². The fourth-order valence-corrected chi connectivity index (χ4v) is 3.99. The fourth-order valence-electron chi connectivity index (χ4n) is 2.94. The number of phenolic OH excluding ortho intramolecular Hbond substituents is 1. The van der Waals surface area contributed by atoms with Crippen LogP contribution in [0.5, 0.6) is 5.75 Å². The molecule has 0 fully saturated rings. The number of aryl methyl sites for hydroxylation is 2. The summed E-state index contributed by atoms with van der Waals surface area (Å²) < 4.78 is 0. The number of nitrogens with one attached hydrogen (secondary N) is 1. The van der Waals surface area contributed by atoms with Crippen LogP contribution >= 0.6 is 11.3 Å². The Kier molecular flexibility index (Phi) is 5.74. The number of rotatable bonds is 7. The molecule has 1 aromatic carbocycles. The Hall–Kier alpha value is -2.18. The molecule has 6 heteroatoms. The van der Waals surface area contributed by atoms with E-state index < -0.39 is 0 Å². The normalized spacial score (nSPS) is 11.4. The van der Waals surface area contributed by atoms with Gasteiger partial charge in [-0.2, -0.15) is 0 Å². The number of phenols is 1. The Morgan fingerprint density at radius 1 is 1.08 bits per heavy atom. The van der Waals surface area contributed by atoms with Gasteiger partial charge in [0.05, 0.1) is 11.9 Å². The minimum Gasteiger partial charge on any atom is -0.508 e. The number of aromatic hydroxyl groups is 1. The number of benzene rings is 1. The highest BCUT2D eigenvalue weighted by atomic mass is 32.1. The van der Waals surface area contributed by atoms with E-state index in [1.807, 2.05) is 12.1 Å². The maximum Gasteiger partial charge on any atom is 0.146 e. The lowest BCUT2D eigenvalue weighted by Crippen LogP contribution is -2.23. The zero-order chi connectivity index (χ0) is 18.7. The summed E-state index contributed by atoms with van der Waals surface area (Å²) in [5.74, 6) is 2.03. The number of fused-ring (bicyclic) bond motifs is 1. The van der Waals surface area contributed by atoms with Crippen molar-refractivity contribution in [3.05, 3.63) is 46.1 Å². The van der Waals surface area contributed by atoms with Crippen molar-refractivity contribution in [3.63, 3.8) is 0 Å². The van der Waals surface area contributed by atoms with Gasteiger partial charge in [-0.15, -0.1) is 11.3 Å². The van der Waals surface area contributed by atoms with Crippen molar-refractivity contribution < 1.29 is 5.11 Å². The van der Waals surface area contributed by atoms with Crippen LogP contribution in [-0.4, -0.2) is 33.1 Å². The molecule has 0 saturated carbocycles. The molecule has 0 aliphatic heterocycles. The highest BCUT2D eigenvalue weighted by molar-refractivity contribution is 7.18. The number of hydrogen-bond acceptors (Lipinski definition) is 6. The lowest BCUT2D eigenvalue weighted by molar-refractivity contribution is 0.289. The van der Waals surface area contributed by atoms with Crippen molar-refractivity contribution in [1.82, 2.24) is 14.9 Å². The van der Waals surface area contributed by atoms with E-state index in [1.165, 1.54) is 10.4 Å². The van der Waals surface area contributed by atoms with Gasteiger partial charge in [-0.3, -0.25) is 4.90 Å². The fraction of sp³-hybridized carbons (Fsp3) is 0.400. The molecule has 0 saturated heterocycles. The van der Waals surface area contributed by atoms with Crippen LogP contribution in [0.2, 0.25) is 0 Å². The standard InChI is InChI=1S/C20H26N4OS/c1-5-24(6-2)12-17-22-19(18-13(3)14(4)26-20(18)23-17)21-11-15-7-9-16(25)10-8-15/h7-10,25H,5-6,11-12H2,1-4H3,(H,21,22,23). The quantitative estimate of drug-likeness (QED) is 0.643. The van der Waals surface area contributed by atoms with Gasteiger partial charge in [0.15, 0.2) is 0 Å². The highest BCUT2D eigenvalue weighted by Gasteiger charge is 2.15. The average Bonchev–Trinajstić information content (AvgIpc) is 2.93. The van der Waals surface area contributed by atoms with Crippen molar-refractivity contribution in [3.8, 4) is 5.75 Å². The molecule has 0 bridgehead atoms. The molecule has 0 amide bonds. The SMILES string of the molecule is CCN(CC)Cc1nc(NCc2ccc(O)cc2)c2c(C)c(C)sc2n1. The summed E-state index contributed by atoms with van der Waals surface area (Å²) in [5.41, 5.74) is 2.34. The predicted molar refractivity (Wildman–Crippen MR) is 109 cm³/mol. The van der Waals surface area contributed by atoms with Crippen LogP contribution in [0.4, 0.5) is 5.82 Å². The molecule has 2 aromatic heterocycles. The van der Waals surface area contributed by atoms with Gasteiger partial charge in [0.25, 0.3) is 0 Å². The first-order valence-electron chi connectivity index (χ1n) is 9.02. The number of anilines is 1. The van der Waals surface area contributed by atoms with Crippen molar-refractivity contribution in [2.24, 2.45) is 0 Å². The van der Waals surface area contributed by atoms with Crippen LogP contribution in [0, 0.1) is 13.8 Å². The first-order valence-corrected chi connectivity index (χ1v) is 9.84. The Morgan fingerprint density at radius 3 is 2.42 bits per heavy atom. The second-order valence-electron chi connectivity index (χ2n) is 6.43. The van der Waals surface area contributed by atoms with Gasteiger partial charge in [-0.1, -0.05) is 26.0 Å².